The third kappa shape index (κ3) is 4.01. The Balaban J connectivity index is 1.51. The first-order valence-corrected chi connectivity index (χ1v) is 10.8. The normalized spacial score (nSPS) is 21.2. The van der Waals surface area contributed by atoms with Crippen LogP contribution in [0.5, 0.6) is 5.75 Å². The van der Waals surface area contributed by atoms with Crippen LogP contribution < -0.4 is 4.74 Å². The van der Waals surface area contributed by atoms with Crippen LogP contribution in [0.1, 0.15) is 44.1 Å². The maximum Gasteiger partial charge on any atom is 0.270 e. The van der Waals surface area contributed by atoms with E-state index in [0.717, 1.165) is 54.8 Å². The van der Waals surface area contributed by atoms with Gasteiger partial charge in [0.25, 0.3) is 5.91 Å². The summed E-state index contributed by atoms with van der Waals surface area (Å²) in [4.78, 5) is 17.4. The molecule has 0 unspecified atom stereocenters. The smallest absolute Gasteiger partial charge is 0.270 e. The van der Waals surface area contributed by atoms with Crippen molar-refractivity contribution < 1.29 is 14.3 Å². The van der Waals surface area contributed by atoms with Gasteiger partial charge in [-0.3, -0.25) is 4.79 Å². The molecule has 1 amide bonds. The third-order valence-electron chi connectivity index (χ3n) is 6.38. The van der Waals surface area contributed by atoms with E-state index < -0.39 is 0 Å². The molecule has 6 nitrogen and oxygen atoms in total. The molecule has 158 valence electrons. The minimum absolute atomic E-state index is 0.0838. The van der Waals surface area contributed by atoms with Gasteiger partial charge >= 0.3 is 0 Å². The molecule has 6 heteroatoms. The molecular formula is C23H33N3O3. The van der Waals surface area contributed by atoms with Gasteiger partial charge in [-0.05, 0) is 57.9 Å². The maximum absolute atomic E-state index is 13.0. The number of rotatable bonds is 6. The molecule has 2 aliphatic heterocycles. The van der Waals surface area contributed by atoms with E-state index in [2.05, 4.69) is 48.4 Å². The zero-order valence-electron chi connectivity index (χ0n) is 18.1. The van der Waals surface area contributed by atoms with Crippen molar-refractivity contribution in [2.24, 2.45) is 0 Å². The summed E-state index contributed by atoms with van der Waals surface area (Å²) in [6.07, 6.45) is 2.39. The second-order valence-corrected chi connectivity index (χ2v) is 8.65. The molecule has 29 heavy (non-hydrogen) atoms. The van der Waals surface area contributed by atoms with E-state index in [9.17, 15) is 4.79 Å². The van der Waals surface area contributed by atoms with Crippen molar-refractivity contribution >= 4 is 16.8 Å². The monoisotopic (exact) mass is 399 g/mol. The Labute approximate surface area is 173 Å². The van der Waals surface area contributed by atoms with Crippen molar-refractivity contribution in [3.05, 3.63) is 30.0 Å². The number of piperidine rings is 1. The van der Waals surface area contributed by atoms with E-state index in [0.29, 0.717) is 19.2 Å². The van der Waals surface area contributed by atoms with E-state index in [1.165, 1.54) is 0 Å². The van der Waals surface area contributed by atoms with Crippen LogP contribution in [-0.4, -0.2) is 71.8 Å². The standard InChI is InChI=1S/C23H33N3O3/c1-16(2)24-9-7-19(8-10-24)29-20-5-6-21-18(13-20)14-22-23(27)25(11-12-28-4)17(3)15-26(21)22/h5-6,13-14,16-17,19H,7-12,15H2,1-4H3/t17-/m1/s1. The van der Waals surface area contributed by atoms with Gasteiger partial charge in [0.1, 0.15) is 17.5 Å². The molecule has 0 aliphatic carbocycles. The predicted octanol–water partition coefficient (Wildman–Crippen LogP) is 3.38. The molecule has 2 aromatic rings. The van der Waals surface area contributed by atoms with Crippen LogP contribution in [0, 0.1) is 0 Å². The summed E-state index contributed by atoms with van der Waals surface area (Å²) in [5.41, 5.74) is 1.87. The number of hydrogen-bond donors (Lipinski definition) is 0. The number of methoxy groups -OCH3 is 1. The SMILES string of the molecule is COCCN1C(=O)c2cc3cc(OC4CCN(C(C)C)CC4)ccc3n2C[C@H]1C. The second kappa shape index (κ2) is 8.36. The van der Waals surface area contributed by atoms with Crippen LogP contribution >= 0.6 is 0 Å². The predicted molar refractivity (Wildman–Crippen MR) is 115 cm³/mol. The number of hydrogen-bond acceptors (Lipinski definition) is 4. The Morgan fingerprint density at radius 1 is 1.17 bits per heavy atom. The van der Waals surface area contributed by atoms with Crippen molar-refractivity contribution in [3.8, 4) is 5.75 Å². The largest absolute Gasteiger partial charge is 0.490 e. The summed E-state index contributed by atoms with van der Waals surface area (Å²) in [6, 6.07) is 9.01. The average Bonchev–Trinajstić information content (AvgIpc) is 3.06. The van der Waals surface area contributed by atoms with Crippen LogP contribution in [0.4, 0.5) is 0 Å². The molecule has 0 N–H and O–H groups in total. The third-order valence-corrected chi connectivity index (χ3v) is 6.38. The Morgan fingerprint density at radius 3 is 2.62 bits per heavy atom. The van der Waals surface area contributed by atoms with E-state index in [1.54, 1.807) is 7.11 Å². The molecule has 0 saturated carbocycles. The fourth-order valence-electron chi connectivity index (χ4n) is 4.62. The summed E-state index contributed by atoms with van der Waals surface area (Å²) in [7, 11) is 1.67. The number of likely N-dealkylation sites (tertiary alicyclic amines) is 1. The minimum atomic E-state index is 0.0838. The highest BCUT2D eigenvalue weighted by molar-refractivity contribution is 6.00. The summed E-state index contributed by atoms with van der Waals surface area (Å²) in [5.74, 6) is 0.987. The lowest BCUT2D eigenvalue weighted by molar-refractivity contribution is 0.0540. The number of amides is 1. The molecule has 1 saturated heterocycles. The van der Waals surface area contributed by atoms with Crippen molar-refractivity contribution in [1.29, 1.82) is 0 Å². The summed E-state index contributed by atoms with van der Waals surface area (Å²) >= 11 is 0. The highest BCUT2D eigenvalue weighted by Crippen LogP contribution is 2.30. The molecule has 0 bridgehead atoms. The Bertz CT molecular complexity index is 868. The van der Waals surface area contributed by atoms with Gasteiger partial charge in [0.15, 0.2) is 0 Å². The van der Waals surface area contributed by atoms with Crippen molar-refractivity contribution in [3.63, 3.8) is 0 Å². The van der Waals surface area contributed by atoms with Gasteiger partial charge in [0, 0.05) is 56.3 Å². The zero-order valence-corrected chi connectivity index (χ0v) is 18.1. The summed E-state index contributed by atoms with van der Waals surface area (Å²) < 4.78 is 13.6. The topological polar surface area (TPSA) is 46.9 Å². The van der Waals surface area contributed by atoms with Crippen LogP contribution in [0.2, 0.25) is 0 Å². The average molecular weight is 400 g/mol. The van der Waals surface area contributed by atoms with Crippen LogP contribution in [0.25, 0.3) is 10.9 Å². The van der Waals surface area contributed by atoms with Crippen molar-refractivity contribution in [1.82, 2.24) is 14.4 Å². The zero-order chi connectivity index (χ0) is 20.5. The molecule has 2 aliphatic rings. The maximum atomic E-state index is 13.0. The number of carbonyl (C=O) groups is 1. The van der Waals surface area contributed by atoms with E-state index in [-0.39, 0.29) is 18.1 Å². The van der Waals surface area contributed by atoms with E-state index in [4.69, 9.17) is 9.47 Å². The van der Waals surface area contributed by atoms with Gasteiger partial charge in [-0.15, -0.1) is 0 Å². The number of benzene rings is 1. The Kier molecular flexibility index (Phi) is 5.83. The van der Waals surface area contributed by atoms with Gasteiger partial charge in [-0.1, -0.05) is 0 Å². The fourth-order valence-corrected chi connectivity index (χ4v) is 4.62. The van der Waals surface area contributed by atoms with Gasteiger partial charge < -0.3 is 23.8 Å². The van der Waals surface area contributed by atoms with Crippen molar-refractivity contribution in [2.45, 2.75) is 58.3 Å². The summed E-state index contributed by atoms with van der Waals surface area (Å²) in [6.45, 7) is 10.8. The van der Waals surface area contributed by atoms with Gasteiger partial charge in [-0.2, -0.15) is 0 Å². The molecular weight excluding hydrogens is 366 g/mol. The van der Waals surface area contributed by atoms with E-state index in [1.807, 2.05) is 11.0 Å². The van der Waals surface area contributed by atoms with E-state index >= 15 is 0 Å². The van der Waals surface area contributed by atoms with Gasteiger partial charge in [0.2, 0.25) is 0 Å². The second-order valence-electron chi connectivity index (χ2n) is 8.65. The Morgan fingerprint density at radius 2 is 1.93 bits per heavy atom. The van der Waals surface area contributed by atoms with Gasteiger partial charge in [0.05, 0.1) is 6.61 Å². The number of carbonyl (C=O) groups excluding carboxylic acids is 1. The molecule has 1 aromatic carbocycles. The first-order chi connectivity index (χ1) is 14.0. The van der Waals surface area contributed by atoms with Crippen LogP contribution in [-0.2, 0) is 11.3 Å². The lowest BCUT2D eigenvalue weighted by Gasteiger charge is -2.34. The molecule has 0 spiro atoms. The Hall–Kier alpha value is -2.05. The summed E-state index contributed by atoms with van der Waals surface area (Å²) in [5, 5.41) is 1.08. The number of aromatic nitrogens is 1. The molecule has 3 heterocycles. The number of fused-ring (bicyclic) bond motifs is 3. The first kappa shape index (κ1) is 20.2. The highest BCUT2D eigenvalue weighted by Gasteiger charge is 2.31. The lowest BCUT2D eigenvalue weighted by Crippen LogP contribution is -2.47. The number of ether oxygens (including phenoxy) is 2. The van der Waals surface area contributed by atoms with Crippen LogP contribution in [0.3, 0.4) is 0 Å². The highest BCUT2D eigenvalue weighted by atomic mass is 16.5. The number of nitrogens with zero attached hydrogens (tertiary/aromatic N) is 3. The molecule has 4 rings (SSSR count). The quantitative estimate of drug-likeness (QED) is 0.747. The molecule has 1 fully saturated rings. The fraction of sp³-hybridized carbons (Fsp3) is 0.609. The van der Waals surface area contributed by atoms with Gasteiger partial charge in [-0.25, -0.2) is 0 Å². The molecule has 1 aromatic heterocycles. The van der Waals surface area contributed by atoms with Crippen LogP contribution in [0.15, 0.2) is 24.3 Å². The molecule has 0 radical (unpaired) electrons. The van der Waals surface area contributed by atoms with Crippen molar-refractivity contribution in [2.75, 3.05) is 33.4 Å². The first-order valence-electron chi connectivity index (χ1n) is 10.8. The molecule has 1 atom stereocenters. The minimum Gasteiger partial charge on any atom is -0.490 e. The lowest BCUT2D eigenvalue weighted by atomic mass is 10.1.